The Bertz CT molecular complexity index is 1000. The van der Waals surface area contributed by atoms with E-state index in [0.717, 1.165) is 36.9 Å². The van der Waals surface area contributed by atoms with E-state index in [-0.39, 0.29) is 11.8 Å². The smallest absolute Gasteiger partial charge is 0.253 e. The van der Waals surface area contributed by atoms with Crippen LogP contribution in [-0.4, -0.2) is 10.5 Å². The number of aryl methyl sites for hydroxylation is 1. The fourth-order valence-electron chi connectivity index (χ4n) is 5.67. The molecule has 3 aromatic rings. The Morgan fingerprint density at radius 1 is 1.06 bits per heavy atom. The van der Waals surface area contributed by atoms with Crippen molar-refractivity contribution in [1.29, 1.82) is 0 Å². The van der Waals surface area contributed by atoms with Crippen molar-refractivity contribution in [3.63, 3.8) is 0 Å². The van der Waals surface area contributed by atoms with Crippen molar-refractivity contribution in [2.24, 2.45) is 17.6 Å². The summed E-state index contributed by atoms with van der Waals surface area (Å²) in [4.78, 5) is 13.3. The fourth-order valence-corrected chi connectivity index (χ4v) is 5.67. The van der Waals surface area contributed by atoms with E-state index < -0.39 is 5.41 Å². The molecule has 0 spiro atoms. The summed E-state index contributed by atoms with van der Waals surface area (Å²) in [6.07, 6.45) is 8.57. The summed E-state index contributed by atoms with van der Waals surface area (Å²) in [7, 11) is 0. The molecule has 2 N–H and O–H groups in total. The van der Waals surface area contributed by atoms with E-state index >= 15 is 0 Å². The van der Waals surface area contributed by atoms with E-state index in [4.69, 9.17) is 5.73 Å². The third-order valence-corrected chi connectivity index (χ3v) is 7.40. The van der Waals surface area contributed by atoms with E-state index in [9.17, 15) is 4.79 Å². The highest BCUT2D eigenvalue weighted by Gasteiger charge is 2.51. The lowest BCUT2D eigenvalue weighted by Crippen LogP contribution is -2.47. The van der Waals surface area contributed by atoms with Gasteiger partial charge in [0.1, 0.15) is 23.9 Å². The van der Waals surface area contributed by atoms with Gasteiger partial charge in [-0.15, -0.1) is 0 Å². The molecule has 1 aliphatic rings. The molecule has 1 amide bonds. The minimum absolute atomic E-state index is 0.153. The van der Waals surface area contributed by atoms with Gasteiger partial charge in [0.2, 0.25) is 5.91 Å². The van der Waals surface area contributed by atoms with Crippen molar-refractivity contribution < 1.29 is 9.36 Å². The summed E-state index contributed by atoms with van der Waals surface area (Å²) >= 11 is 0. The van der Waals surface area contributed by atoms with Crippen LogP contribution in [0.25, 0.3) is 0 Å². The van der Waals surface area contributed by atoms with Crippen LogP contribution < -0.4 is 10.3 Å². The summed E-state index contributed by atoms with van der Waals surface area (Å²) < 4.78 is 4.78. The molecule has 2 aromatic carbocycles. The molecule has 0 bridgehead atoms. The second kappa shape index (κ2) is 9.32. The van der Waals surface area contributed by atoms with Gasteiger partial charge in [-0.05, 0) is 48.6 Å². The summed E-state index contributed by atoms with van der Waals surface area (Å²) in [5.41, 5.74) is 7.44. The van der Waals surface area contributed by atoms with Gasteiger partial charge >= 0.3 is 0 Å². The van der Waals surface area contributed by atoms with Crippen LogP contribution in [0.3, 0.4) is 0 Å². The lowest BCUT2D eigenvalue weighted by Gasteiger charge is -2.37. The number of aromatic nitrogens is 2. The Morgan fingerprint density at radius 2 is 1.66 bits per heavy atom. The summed E-state index contributed by atoms with van der Waals surface area (Å²) in [6.45, 7) is 7.80. The first-order valence-corrected chi connectivity index (χ1v) is 11.9. The van der Waals surface area contributed by atoms with Crippen LogP contribution >= 0.6 is 0 Å². The molecule has 32 heavy (non-hydrogen) atoms. The number of nitrogens with two attached hydrogens (primary N) is 1. The molecule has 4 heteroatoms. The Balaban J connectivity index is 1.69. The summed E-state index contributed by atoms with van der Waals surface area (Å²) in [5, 5.41) is 0. The molecule has 1 saturated carbocycles. The van der Waals surface area contributed by atoms with Crippen molar-refractivity contribution >= 4 is 5.91 Å². The van der Waals surface area contributed by atoms with Crippen LogP contribution in [0.15, 0.2) is 73.1 Å². The fraction of sp³-hybridized carbons (Fsp3) is 0.429. The van der Waals surface area contributed by atoms with Crippen LogP contribution in [0.4, 0.5) is 0 Å². The number of carbonyl (C=O) groups is 1. The molecule has 1 aromatic heterocycles. The van der Waals surface area contributed by atoms with Gasteiger partial charge in [-0.3, -0.25) is 4.79 Å². The van der Waals surface area contributed by atoms with Crippen molar-refractivity contribution in [2.45, 2.75) is 64.5 Å². The molecular formula is C28H36N3O+. The molecule has 1 heterocycles. The number of nitrogens with zero attached hydrogens (tertiary/aromatic N) is 2. The predicted molar refractivity (Wildman–Crippen MR) is 128 cm³/mol. The Hall–Kier alpha value is -2.88. The summed E-state index contributed by atoms with van der Waals surface area (Å²) in [6, 6.07) is 20.7. The van der Waals surface area contributed by atoms with Crippen LogP contribution in [0.1, 0.15) is 62.5 Å². The van der Waals surface area contributed by atoms with Gasteiger partial charge in [0.15, 0.2) is 0 Å². The maximum atomic E-state index is 13.3. The second-order valence-corrected chi connectivity index (χ2v) is 9.70. The second-order valence-electron chi connectivity index (χ2n) is 9.70. The first kappa shape index (κ1) is 22.3. The average molecular weight is 431 g/mol. The number of hydrogen-bond acceptors (Lipinski definition) is 1. The predicted octanol–water partition coefficient (Wildman–Crippen LogP) is 4.94. The highest BCUT2D eigenvalue weighted by molar-refractivity contribution is 5.91. The van der Waals surface area contributed by atoms with Crippen LogP contribution in [0.5, 0.6) is 0 Å². The molecule has 1 fully saturated rings. The van der Waals surface area contributed by atoms with E-state index in [1.807, 2.05) is 36.4 Å². The van der Waals surface area contributed by atoms with Gasteiger partial charge in [-0.2, -0.15) is 0 Å². The molecule has 0 radical (unpaired) electrons. The number of benzene rings is 2. The topological polar surface area (TPSA) is 51.9 Å². The van der Waals surface area contributed by atoms with Gasteiger partial charge in [0.25, 0.3) is 5.82 Å². The van der Waals surface area contributed by atoms with E-state index in [2.05, 4.69) is 66.6 Å². The average Bonchev–Trinajstić information content (AvgIpc) is 3.41. The lowest BCUT2D eigenvalue weighted by atomic mass is 9.64. The van der Waals surface area contributed by atoms with Gasteiger partial charge in [0, 0.05) is 6.92 Å². The monoisotopic (exact) mass is 430 g/mol. The van der Waals surface area contributed by atoms with Crippen LogP contribution in [0, 0.1) is 18.8 Å². The molecule has 2 atom stereocenters. The van der Waals surface area contributed by atoms with Crippen LogP contribution in [-0.2, 0) is 16.8 Å². The first-order valence-electron chi connectivity index (χ1n) is 11.9. The van der Waals surface area contributed by atoms with Crippen molar-refractivity contribution in [2.75, 3.05) is 0 Å². The molecular weight excluding hydrogens is 394 g/mol. The summed E-state index contributed by atoms with van der Waals surface area (Å²) in [5.74, 6) is 1.88. The molecule has 4 rings (SSSR count). The maximum absolute atomic E-state index is 13.3. The van der Waals surface area contributed by atoms with E-state index in [1.54, 1.807) is 0 Å². The van der Waals surface area contributed by atoms with Crippen molar-refractivity contribution in [3.05, 3.63) is 90.0 Å². The number of carbonyl (C=O) groups excluding carboxylic acids is 1. The minimum Gasteiger partial charge on any atom is -0.369 e. The zero-order chi connectivity index (χ0) is 22.7. The zero-order valence-electron chi connectivity index (χ0n) is 19.6. The number of primary amides is 1. The van der Waals surface area contributed by atoms with Crippen molar-refractivity contribution in [3.8, 4) is 0 Å². The third kappa shape index (κ3) is 3.99. The molecule has 0 aliphatic heterocycles. The van der Waals surface area contributed by atoms with E-state index in [1.165, 1.54) is 12.2 Å². The largest absolute Gasteiger partial charge is 0.369 e. The maximum Gasteiger partial charge on any atom is 0.253 e. The van der Waals surface area contributed by atoms with Gasteiger partial charge < -0.3 is 5.73 Å². The SMILES string of the molecule is Cc1n([C@H]2CC[C@H](C(C(N)=O)(c3ccccc3)c3ccccc3)C2)cc[n+]1CCC(C)C. The van der Waals surface area contributed by atoms with Gasteiger partial charge in [-0.1, -0.05) is 74.5 Å². The van der Waals surface area contributed by atoms with Gasteiger partial charge in [0.05, 0.1) is 6.54 Å². The molecule has 0 saturated heterocycles. The first-order chi connectivity index (χ1) is 15.4. The van der Waals surface area contributed by atoms with Gasteiger partial charge in [-0.25, -0.2) is 9.13 Å². The Kier molecular flexibility index (Phi) is 6.50. The third-order valence-electron chi connectivity index (χ3n) is 7.40. The number of rotatable bonds is 8. The number of amides is 1. The van der Waals surface area contributed by atoms with Crippen molar-refractivity contribution in [1.82, 2.24) is 4.57 Å². The number of hydrogen-bond donors (Lipinski definition) is 1. The number of imidazole rings is 1. The highest BCUT2D eigenvalue weighted by atomic mass is 16.1. The normalized spacial score (nSPS) is 18.9. The Labute approximate surface area is 192 Å². The molecule has 168 valence electrons. The van der Waals surface area contributed by atoms with E-state index in [0.29, 0.717) is 12.0 Å². The van der Waals surface area contributed by atoms with Crippen LogP contribution in [0.2, 0.25) is 0 Å². The standard InChI is InChI=1S/C28H35N3O/c1-21(2)16-17-30-18-19-31(22(30)3)26-15-14-25(20-26)28(27(29)32,23-10-6-4-7-11-23)24-12-8-5-9-13-24/h4-13,18-19,21,25-26H,14-17,20H2,1-3H3,(H-,29,32)/p+1/t25-,26-/m0/s1. The minimum atomic E-state index is -0.814. The quantitative estimate of drug-likeness (QED) is 0.506. The zero-order valence-corrected chi connectivity index (χ0v) is 19.6. The lowest BCUT2D eigenvalue weighted by molar-refractivity contribution is -0.703. The Morgan fingerprint density at radius 3 is 2.19 bits per heavy atom. The molecule has 0 unspecified atom stereocenters. The molecule has 4 nitrogen and oxygen atoms in total. The molecule has 1 aliphatic carbocycles. The highest BCUT2D eigenvalue weighted by Crippen LogP contribution is 2.49.